The molecule has 0 saturated heterocycles. The maximum atomic E-state index is 10.6. The Morgan fingerprint density at radius 3 is 2.79 bits per heavy atom. The molecule has 0 aliphatic carbocycles. The Kier molecular flexibility index (Phi) is 6.09. The van der Waals surface area contributed by atoms with Crippen LogP contribution in [0.1, 0.15) is 17.5 Å². The Bertz CT molecular complexity index is 453. The van der Waals surface area contributed by atoms with E-state index in [0.717, 1.165) is 35.9 Å². The van der Waals surface area contributed by atoms with Crippen molar-refractivity contribution in [3.05, 3.63) is 35.4 Å². The third-order valence-corrected chi connectivity index (χ3v) is 2.64. The average molecular weight is 263 g/mol. The van der Waals surface area contributed by atoms with Crippen molar-refractivity contribution >= 4 is 12.0 Å². The van der Waals surface area contributed by atoms with Gasteiger partial charge in [-0.3, -0.25) is 0 Å². The monoisotopic (exact) mass is 263 g/mol. The molecule has 4 nitrogen and oxygen atoms in total. The molecule has 0 saturated carbocycles. The van der Waals surface area contributed by atoms with Crippen LogP contribution in [0.5, 0.6) is 5.75 Å². The lowest BCUT2D eigenvalue weighted by Gasteiger charge is -2.13. The van der Waals surface area contributed by atoms with Crippen LogP contribution in [0.15, 0.2) is 24.3 Å². The van der Waals surface area contributed by atoms with Gasteiger partial charge in [0.15, 0.2) is 0 Å². The molecule has 0 fully saturated rings. The highest BCUT2D eigenvalue weighted by atomic mass is 16.5. The minimum Gasteiger partial charge on any atom is -0.493 e. The van der Waals surface area contributed by atoms with E-state index in [9.17, 15) is 4.79 Å². The van der Waals surface area contributed by atoms with Crippen LogP contribution >= 0.6 is 0 Å². The van der Waals surface area contributed by atoms with Gasteiger partial charge < -0.3 is 14.7 Å². The van der Waals surface area contributed by atoms with Gasteiger partial charge in [-0.2, -0.15) is 0 Å². The molecule has 4 heteroatoms. The number of aliphatic carboxylic acids is 1. The first-order valence-corrected chi connectivity index (χ1v) is 6.29. The fourth-order valence-corrected chi connectivity index (χ4v) is 1.72. The van der Waals surface area contributed by atoms with Gasteiger partial charge in [-0.15, -0.1) is 0 Å². The number of hydrogen-bond donors (Lipinski definition) is 1. The minimum absolute atomic E-state index is 0.622. The molecule has 104 valence electrons. The SMILES string of the molecule is Cc1cccc(/C=C/C(=O)O)c1OCCCN(C)C. The largest absolute Gasteiger partial charge is 0.493 e. The summed E-state index contributed by atoms with van der Waals surface area (Å²) in [6.45, 7) is 3.54. The lowest BCUT2D eigenvalue weighted by atomic mass is 10.1. The molecule has 0 spiro atoms. The number of hydrogen-bond acceptors (Lipinski definition) is 3. The molecule has 1 aromatic carbocycles. The first-order valence-electron chi connectivity index (χ1n) is 6.29. The van der Waals surface area contributed by atoms with Crippen LogP contribution in [0.2, 0.25) is 0 Å². The molecule has 0 amide bonds. The topological polar surface area (TPSA) is 49.8 Å². The summed E-state index contributed by atoms with van der Waals surface area (Å²) in [6, 6.07) is 5.71. The number of carboxylic acid groups (broad SMARTS) is 1. The Morgan fingerprint density at radius 1 is 1.42 bits per heavy atom. The molecule has 0 radical (unpaired) electrons. The zero-order chi connectivity index (χ0) is 14.3. The highest BCUT2D eigenvalue weighted by Gasteiger charge is 2.05. The van der Waals surface area contributed by atoms with E-state index in [-0.39, 0.29) is 0 Å². The van der Waals surface area contributed by atoms with Crippen molar-refractivity contribution in [1.29, 1.82) is 0 Å². The molecule has 1 rings (SSSR count). The van der Waals surface area contributed by atoms with Crippen LogP contribution in [0.3, 0.4) is 0 Å². The first kappa shape index (κ1) is 15.2. The number of carboxylic acids is 1. The average Bonchev–Trinajstić information content (AvgIpc) is 2.33. The lowest BCUT2D eigenvalue weighted by Crippen LogP contribution is -2.15. The predicted molar refractivity (Wildman–Crippen MR) is 76.5 cm³/mol. The van der Waals surface area contributed by atoms with Gasteiger partial charge >= 0.3 is 5.97 Å². The van der Waals surface area contributed by atoms with Crippen LogP contribution in [-0.4, -0.2) is 43.2 Å². The van der Waals surface area contributed by atoms with E-state index in [1.165, 1.54) is 0 Å². The third-order valence-electron chi connectivity index (χ3n) is 2.64. The number of ether oxygens (including phenoxy) is 1. The third kappa shape index (κ3) is 5.57. The standard InChI is InChI=1S/C15H21NO3/c1-12-6-4-7-13(8-9-14(17)18)15(12)19-11-5-10-16(2)3/h4,6-9H,5,10-11H2,1-3H3,(H,17,18)/b9-8+. The molecule has 0 atom stereocenters. The normalized spacial score (nSPS) is 11.2. The Hall–Kier alpha value is -1.81. The van der Waals surface area contributed by atoms with Gasteiger partial charge in [0.05, 0.1) is 6.61 Å². The van der Waals surface area contributed by atoms with Crippen molar-refractivity contribution in [2.45, 2.75) is 13.3 Å². The van der Waals surface area contributed by atoms with E-state index in [0.29, 0.717) is 6.61 Å². The molecular formula is C15H21NO3. The highest BCUT2D eigenvalue weighted by Crippen LogP contribution is 2.24. The number of aryl methyl sites for hydroxylation is 1. The summed E-state index contributed by atoms with van der Waals surface area (Å²) >= 11 is 0. The molecule has 1 N–H and O–H groups in total. The van der Waals surface area contributed by atoms with Gasteiger partial charge in [-0.05, 0) is 39.1 Å². The van der Waals surface area contributed by atoms with E-state index in [1.807, 2.05) is 39.2 Å². The van der Waals surface area contributed by atoms with Crippen molar-refractivity contribution in [2.75, 3.05) is 27.2 Å². The summed E-state index contributed by atoms with van der Waals surface area (Å²) in [4.78, 5) is 12.7. The molecule has 0 aliphatic rings. The molecular weight excluding hydrogens is 242 g/mol. The zero-order valence-corrected chi connectivity index (χ0v) is 11.7. The van der Waals surface area contributed by atoms with E-state index >= 15 is 0 Å². The molecule has 19 heavy (non-hydrogen) atoms. The van der Waals surface area contributed by atoms with E-state index in [4.69, 9.17) is 9.84 Å². The smallest absolute Gasteiger partial charge is 0.328 e. The second-order valence-corrected chi connectivity index (χ2v) is 4.67. The predicted octanol–water partition coefficient (Wildman–Crippen LogP) is 2.42. The number of rotatable bonds is 7. The van der Waals surface area contributed by atoms with E-state index in [1.54, 1.807) is 6.08 Å². The highest BCUT2D eigenvalue weighted by molar-refractivity contribution is 5.86. The van der Waals surface area contributed by atoms with Crippen molar-refractivity contribution in [1.82, 2.24) is 4.90 Å². The van der Waals surface area contributed by atoms with Gasteiger partial charge in [-0.1, -0.05) is 18.2 Å². The molecule has 0 aromatic heterocycles. The number of benzene rings is 1. The number of carbonyl (C=O) groups is 1. The van der Waals surface area contributed by atoms with Gasteiger partial charge in [0, 0.05) is 18.2 Å². The zero-order valence-electron chi connectivity index (χ0n) is 11.7. The summed E-state index contributed by atoms with van der Waals surface area (Å²) in [5.74, 6) is -0.196. The van der Waals surface area contributed by atoms with Crippen LogP contribution in [0.25, 0.3) is 6.08 Å². The number of nitrogens with zero attached hydrogens (tertiary/aromatic N) is 1. The second kappa shape index (κ2) is 7.59. The van der Waals surface area contributed by atoms with Crippen molar-refractivity contribution < 1.29 is 14.6 Å². The van der Waals surface area contributed by atoms with Crippen molar-refractivity contribution in [3.63, 3.8) is 0 Å². The van der Waals surface area contributed by atoms with Crippen LogP contribution < -0.4 is 4.74 Å². The van der Waals surface area contributed by atoms with Crippen molar-refractivity contribution in [3.8, 4) is 5.75 Å². The van der Waals surface area contributed by atoms with Gasteiger partial charge in [0.2, 0.25) is 0 Å². The van der Waals surface area contributed by atoms with Crippen LogP contribution in [0, 0.1) is 6.92 Å². The fraction of sp³-hybridized carbons (Fsp3) is 0.400. The molecule has 0 heterocycles. The Labute approximate surface area is 114 Å². The minimum atomic E-state index is -0.958. The summed E-state index contributed by atoms with van der Waals surface area (Å²) in [5, 5.41) is 8.68. The first-order chi connectivity index (χ1) is 9.00. The Morgan fingerprint density at radius 2 is 2.16 bits per heavy atom. The number of para-hydroxylation sites is 1. The fourth-order valence-electron chi connectivity index (χ4n) is 1.72. The second-order valence-electron chi connectivity index (χ2n) is 4.67. The molecule has 0 aliphatic heterocycles. The van der Waals surface area contributed by atoms with Gasteiger partial charge in [-0.25, -0.2) is 4.79 Å². The summed E-state index contributed by atoms with van der Waals surface area (Å²) < 4.78 is 5.78. The Balaban J connectivity index is 2.72. The summed E-state index contributed by atoms with van der Waals surface area (Å²) in [5.41, 5.74) is 1.81. The molecule has 0 unspecified atom stereocenters. The molecule has 0 bridgehead atoms. The van der Waals surface area contributed by atoms with Gasteiger partial charge in [0.25, 0.3) is 0 Å². The summed E-state index contributed by atoms with van der Waals surface area (Å²) in [7, 11) is 4.05. The van der Waals surface area contributed by atoms with Gasteiger partial charge in [0.1, 0.15) is 5.75 Å². The lowest BCUT2D eigenvalue weighted by molar-refractivity contribution is -0.131. The van der Waals surface area contributed by atoms with E-state index < -0.39 is 5.97 Å². The maximum Gasteiger partial charge on any atom is 0.328 e. The quantitative estimate of drug-likeness (QED) is 0.606. The maximum absolute atomic E-state index is 10.6. The summed E-state index contributed by atoms with van der Waals surface area (Å²) in [6.07, 6.45) is 3.63. The van der Waals surface area contributed by atoms with Crippen LogP contribution in [-0.2, 0) is 4.79 Å². The molecule has 1 aromatic rings. The van der Waals surface area contributed by atoms with Crippen molar-refractivity contribution in [2.24, 2.45) is 0 Å². The van der Waals surface area contributed by atoms with Crippen LogP contribution in [0.4, 0.5) is 0 Å². The van der Waals surface area contributed by atoms with E-state index in [2.05, 4.69) is 4.90 Å².